The largest absolute Gasteiger partial charge is 0.465 e. The van der Waals surface area contributed by atoms with Gasteiger partial charge in [0.2, 0.25) is 5.13 Å². The molecule has 9 nitrogen and oxygen atoms in total. The Morgan fingerprint density at radius 3 is 2.50 bits per heavy atom. The van der Waals surface area contributed by atoms with E-state index in [2.05, 4.69) is 20.3 Å². The smallest absolute Gasteiger partial charge is 0.337 e. The molecule has 1 aromatic heterocycles. The number of nitro benzene ring substituents is 1. The summed E-state index contributed by atoms with van der Waals surface area (Å²) in [5, 5.41) is 21.9. The molecule has 0 aliphatic heterocycles. The number of benzene rings is 2. The Labute approximate surface area is 179 Å². The maximum absolute atomic E-state index is 12.4. The summed E-state index contributed by atoms with van der Waals surface area (Å²) in [6.45, 7) is 1.58. The summed E-state index contributed by atoms with van der Waals surface area (Å²) in [4.78, 5) is 34.2. The van der Waals surface area contributed by atoms with E-state index in [1.807, 2.05) is 12.1 Å². The number of nitro groups is 1. The molecule has 0 atom stereocenters. The Kier molecular flexibility index (Phi) is 6.75. The van der Waals surface area contributed by atoms with Gasteiger partial charge < -0.3 is 4.74 Å². The number of anilines is 1. The predicted molar refractivity (Wildman–Crippen MR) is 113 cm³/mol. The number of amides is 1. The van der Waals surface area contributed by atoms with Crippen LogP contribution in [0.5, 0.6) is 0 Å². The van der Waals surface area contributed by atoms with Gasteiger partial charge in [-0.2, -0.15) is 0 Å². The Morgan fingerprint density at radius 2 is 1.87 bits per heavy atom. The summed E-state index contributed by atoms with van der Waals surface area (Å²) in [6, 6.07) is 11.2. The van der Waals surface area contributed by atoms with Gasteiger partial charge in [-0.05, 0) is 36.8 Å². The van der Waals surface area contributed by atoms with Crippen LogP contribution in [-0.2, 0) is 10.5 Å². The number of rotatable bonds is 7. The van der Waals surface area contributed by atoms with Crippen LogP contribution in [0.1, 0.15) is 31.8 Å². The molecular formula is C19H16N4O5S2. The number of esters is 1. The van der Waals surface area contributed by atoms with Crippen LogP contribution in [0.25, 0.3) is 0 Å². The molecular weight excluding hydrogens is 428 g/mol. The minimum Gasteiger partial charge on any atom is -0.465 e. The number of carbonyl (C=O) groups excluding carboxylic acids is 2. The van der Waals surface area contributed by atoms with Crippen molar-refractivity contribution in [2.24, 2.45) is 0 Å². The first-order chi connectivity index (χ1) is 14.4. The third kappa shape index (κ3) is 5.19. The van der Waals surface area contributed by atoms with E-state index in [0.29, 0.717) is 31.9 Å². The number of hydrogen-bond donors (Lipinski definition) is 1. The Hall–Kier alpha value is -3.31. The minimum absolute atomic E-state index is 0.0410. The number of thioether (sulfide) groups is 1. The summed E-state index contributed by atoms with van der Waals surface area (Å²) in [5.74, 6) is -0.188. The van der Waals surface area contributed by atoms with Gasteiger partial charge in [-0.25, -0.2) is 4.79 Å². The fourth-order valence-corrected chi connectivity index (χ4v) is 4.19. The highest BCUT2D eigenvalue weighted by atomic mass is 32.2. The number of nitrogens with one attached hydrogen (secondary N) is 1. The monoisotopic (exact) mass is 444 g/mol. The van der Waals surface area contributed by atoms with Crippen molar-refractivity contribution in [2.75, 3.05) is 12.4 Å². The van der Waals surface area contributed by atoms with Crippen molar-refractivity contribution < 1.29 is 19.2 Å². The van der Waals surface area contributed by atoms with Crippen LogP contribution in [0.2, 0.25) is 0 Å². The van der Waals surface area contributed by atoms with Crippen molar-refractivity contribution >= 4 is 45.8 Å². The summed E-state index contributed by atoms with van der Waals surface area (Å²) in [5.41, 5.74) is 2.14. The Balaban J connectivity index is 1.58. The molecule has 0 spiro atoms. The van der Waals surface area contributed by atoms with Gasteiger partial charge in [0, 0.05) is 22.9 Å². The second kappa shape index (κ2) is 9.46. The van der Waals surface area contributed by atoms with E-state index in [9.17, 15) is 19.7 Å². The number of ether oxygens (including phenoxy) is 1. The zero-order chi connectivity index (χ0) is 21.7. The highest BCUT2D eigenvalue weighted by Crippen LogP contribution is 2.29. The molecule has 2 aromatic carbocycles. The molecule has 0 saturated heterocycles. The number of aryl methyl sites for hydroxylation is 1. The Morgan fingerprint density at radius 1 is 1.17 bits per heavy atom. The summed E-state index contributed by atoms with van der Waals surface area (Å²) in [6.07, 6.45) is 0. The third-order valence-corrected chi connectivity index (χ3v) is 6.06. The van der Waals surface area contributed by atoms with Gasteiger partial charge in [0.1, 0.15) is 0 Å². The quantitative estimate of drug-likeness (QED) is 0.190. The van der Waals surface area contributed by atoms with E-state index >= 15 is 0 Å². The number of methoxy groups -OCH3 is 1. The fourth-order valence-electron chi connectivity index (χ4n) is 2.49. The van der Waals surface area contributed by atoms with Crippen molar-refractivity contribution in [1.82, 2.24) is 10.2 Å². The molecule has 0 fully saturated rings. The minimum atomic E-state index is -0.492. The van der Waals surface area contributed by atoms with E-state index in [4.69, 9.17) is 0 Å². The van der Waals surface area contributed by atoms with E-state index < -0.39 is 10.8 Å². The highest BCUT2D eigenvalue weighted by molar-refractivity contribution is 8.00. The molecule has 0 radical (unpaired) electrons. The maximum Gasteiger partial charge on any atom is 0.337 e. The van der Waals surface area contributed by atoms with Gasteiger partial charge in [0.15, 0.2) is 4.34 Å². The number of nitrogens with zero attached hydrogens (tertiary/aromatic N) is 3. The molecule has 3 aromatic rings. The molecule has 30 heavy (non-hydrogen) atoms. The molecule has 0 aliphatic carbocycles. The molecule has 1 N–H and O–H groups in total. The lowest BCUT2D eigenvalue weighted by Crippen LogP contribution is -2.12. The molecule has 0 saturated carbocycles. The molecule has 1 heterocycles. The fraction of sp³-hybridized carbons (Fsp3) is 0.158. The molecule has 0 unspecified atom stereocenters. The third-order valence-electron chi connectivity index (χ3n) is 4.02. The van der Waals surface area contributed by atoms with Crippen molar-refractivity contribution in [3.05, 3.63) is 74.8 Å². The van der Waals surface area contributed by atoms with Crippen molar-refractivity contribution in [3.8, 4) is 0 Å². The maximum atomic E-state index is 12.4. The highest BCUT2D eigenvalue weighted by Gasteiger charge is 2.15. The summed E-state index contributed by atoms with van der Waals surface area (Å²) < 4.78 is 5.34. The van der Waals surface area contributed by atoms with E-state index in [-0.39, 0.29) is 11.7 Å². The average molecular weight is 444 g/mol. The number of hydrogen-bond acceptors (Lipinski definition) is 9. The van der Waals surface area contributed by atoms with Crippen molar-refractivity contribution in [3.63, 3.8) is 0 Å². The van der Waals surface area contributed by atoms with Crippen LogP contribution in [0.4, 0.5) is 10.8 Å². The summed E-state index contributed by atoms with van der Waals surface area (Å²) >= 11 is 2.67. The first kappa shape index (κ1) is 21.4. The molecule has 3 rings (SSSR count). The first-order valence-corrected chi connectivity index (χ1v) is 10.4. The van der Waals surface area contributed by atoms with Crippen LogP contribution < -0.4 is 5.32 Å². The molecule has 1 amide bonds. The zero-order valence-corrected chi connectivity index (χ0v) is 17.6. The van der Waals surface area contributed by atoms with E-state index in [0.717, 1.165) is 5.56 Å². The normalized spacial score (nSPS) is 10.5. The van der Waals surface area contributed by atoms with Crippen molar-refractivity contribution in [2.45, 2.75) is 17.0 Å². The molecule has 0 aliphatic rings. The molecule has 0 bridgehead atoms. The standard InChI is InChI=1S/C19H16N4O5S2/c1-11-9-14(7-8-15(11)23(26)27)16(24)20-18-21-22-19(30-18)29-10-12-3-5-13(6-4-12)17(25)28-2/h3-9H,10H2,1-2H3,(H,20,21,24). The van der Waals surface area contributed by atoms with Crippen LogP contribution in [0.15, 0.2) is 46.8 Å². The second-order valence-electron chi connectivity index (χ2n) is 6.06. The van der Waals surface area contributed by atoms with E-state index in [1.165, 1.54) is 48.4 Å². The SMILES string of the molecule is COC(=O)c1ccc(CSc2nnc(NC(=O)c3ccc([N+](=O)[O-])c(C)c3)s2)cc1. The van der Waals surface area contributed by atoms with Crippen molar-refractivity contribution in [1.29, 1.82) is 0 Å². The molecule has 11 heteroatoms. The van der Waals surface area contributed by atoms with Crippen LogP contribution >= 0.6 is 23.1 Å². The van der Waals surface area contributed by atoms with Gasteiger partial charge >= 0.3 is 5.97 Å². The number of aromatic nitrogens is 2. The van der Waals surface area contributed by atoms with Gasteiger partial charge in [-0.1, -0.05) is 35.2 Å². The van der Waals surface area contributed by atoms with Gasteiger partial charge in [-0.3, -0.25) is 20.2 Å². The van der Waals surface area contributed by atoms with Crippen LogP contribution in [0.3, 0.4) is 0 Å². The lowest BCUT2D eigenvalue weighted by atomic mass is 10.1. The Bertz CT molecular complexity index is 1100. The van der Waals surface area contributed by atoms with Gasteiger partial charge in [-0.15, -0.1) is 10.2 Å². The number of carbonyl (C=O) groups is 2. The molecule has 154 valence electrons. The van der Waals surface area contributed by atoms with Crippen LogP contribution in [0, 0.1) is 17.0 Å². The predicted octanol–water partition coefficient (Wildman–Crippen LogP) is 4.09. The summed E-state index contributed by atoms with van der Waals surface area (Å²) in [7, 11) is 1.33. The lowest BCUT2D eigenvalue weighted by molar-refractivity contribution is -0.385. The average Bonchev–Trinajstić information content (AvgIpc) is 3.19. The van der Waals surface area contributed by atoms with Gasteiger partial charge in [0.05, 0.1) is 17.6 Å². The first-order valence-electron chi connectivity index (χ1n) is 8.57. The second-order valence-corrected chi connectivity index (χ2v) is 8.26. The van der Waals surface area contributed by atoms with Gasteiger partial charge in [0.25, 0.3) is 11.6 Å². The lowest BCUT2D eigenvalue weighted by Gasteiger charge is -2.03. The topological polar surface area (TPSA) is 124 Å². The van der Waals surface area contributed by atoms with E-state index in [1.54, 1.807) is 19.1 Å². The zero-order valence-electron chi connectivity index (χ0n) is 15.9. The van der Waals surface area contributed by atoms with Crippen LogP contribution in [-0.4, -0.2) is 34.1 Å².